The van der Waals surface area contributed by atoms with Gasteiger partial charge in [0.15, 0.2) is 6.39 Å². The fourth-order valence-corrected chi connectivity index (χ4v) is 1.48. The van der Waals surface area contributed by atoms with Gasteiger partial charge in [0, 0.05) is 6.54 Å². The van der Waals surface area contributed by atoms with Gasteiger partial charge < -0.3 is 14.9 Å². The molecule has 14 heavy (non-hydrogen) atoms. The smallest absolute Gasteiger partial charge is 0.417 e. The van der Waals surface area contributed by atoms with Crippen molar-refractivity contribution >= 4 is 12.0 Å². The molecule has 2 unspecified atom stereocenters. The van der Waals surface area contributed by atoms with Gasteiger partial charge in [-0.05, 0) is 6.92 Å². The van der Waals surface area contributed by atoms with Crippen LogP contribution in [0.2, 0.25) is 0 Å². The van der Waals surface area contributed by atoms with Crippen LogP contribution >= 0.6 is 0 Å². The second-order valence-corrected chi connectivity index (χ2v) is 3.11. The van der Waals surface area contributed by atoms with Crippen LogP contribution < -0.4 is 10.6 Å². The molecule has 76 valence electrons. The van der Waals surface area contributed by atoms with Crippen molar-refractivity contribution in [2.24, 2.45) is 5.73 Å². The highest BCUT2D eigenvalue weighted by Gasteiger charge is 2.40. The second kappa shape index (κ2) is 3.30. The molecule has 0 bridgehead atoms. The van der Waals surface area contributed by atoms with Crippen LogP contribution in [-0.4, -0.2) is 29.8 Å². The van der Waals surface area contributed by atoms with Crippen molar-refractivity contribution in [2.75, 3.05) is 11.4 Å². The topological polar surface area (TPSA) is 81.6 Å². The number of oxazole rings is 1. The summed E-state index contributed by atoms with van der Waals surface area (Å²) < 4.78 is 10.1. The normalized spacial score (nSPS) is 26.7. The molecule has 1 aliphatic heterocycles. The van der Waals surface area contributed by atoms with Crippen LogP contribution in [0.4, 0.5) is 10.7 Å². The van der Waals surface area contributed by atoms with Gasteiger partial charge in [0.05, 0.1) is 12.2 Å². The van der Waals surface area contributed by atoms with Gasteiger partial charge in [0.25, 0.3) is 0 Å². The van der Waals surface area contributed by atoms with Gasteiger partial charge in [0.2, 0.25) is 5.88 Å². The fourth-order valence-electron chi connectivity index (χ4n) is 1.48. The number of anilines is 1. The van der Waals surface area contributed by atoms with E-state index in [1.165, 1.54) is 17.5 Å². The van der Waals surface area contributed by atoms with E-state index in [0.717, 1.165) is 0 Å². The highest BCUT2D eigenvalue weighted by molar-refractivity contribution is 5.88. The van der Waals surface area contributed by atoms with E-state index >= 15 is 0 Å². The molecule has 2 heterocycles. The third kappa shape index (κ3) is 1.24. The van der Waals surface area contributed by atoms with Crippen molar-refractivity contribution in [1.29, 1.82) is 0 Å². The first-order valence-electron chi connectivity index (χ1n) is 4.32. The number of nitrogens with zero attached hydrogens (tertiary/aromatic N) is 2. The van der Waals surface area contributed by atoms with Crippen molar-refractivity contribution in [1.82, 2.24) is 4.98 Å². The molecule has 1 aromatic rings. The number of carbonyl (C=O) groups excluding carboxylic acids is 1. The van der Waals surface area contributed by atoms with Crippen molar-refractivity contribution < 1.29 is 13.9 Å². The highest BCUT2D eigenvalue weighted by atomic mass is 16.6. The molecule has 0 aromatic carbocycles. The van der Waals surface area contributed by atoms with E-state index in [0.29, 0.717) is 12.4 Å². The summed E-state index contributed by atoms with van der Waals surface area (Å²) in [5, 5.41) is 0. The third-order valence-electron chi connectivity index (χ3n) is 2.28. The number of cyclic esters (lactones) is 1. The van der Waals surface area contributed by atoms with Gasteiger partial charge >= 0.3 is 6.09 Å². The molecule has 6 heteroatoms. The minimum atomic E-state index is -0.440. The predicted molar refractivity (Wildman–Crippen MR) is 47.8 cm³/mol. The standard InChI is InChI=1S/C8H11N3O3/c1-5-6(2-9)14-8(12)11(5)7-3-10-4-13-7/h3-6H,2,9H2,1H3. The number of hydrogen-bond acceptors (Lipinski definition) is 5. The Bertz CT molecular complexity index is 325. The van der Waals surface area contributed by atoms with Crippen LogP contribution in [0.3, 0.4) is 0 Å². The molecule has 6 nitrogen and oxygen atoms in total. The molecule has 0 spiro atoms. The number of aromatic nitrogens is 1. The number of ether oxygens (including phenoxy) is 1. The minimum absolute atomic E-state index is 0.125. The lowest BCUT2D eigenvalue weighted by Gasteiger charge is -2.16. The monoisotopic (exact) mass is 197 g/mol. The summed E-state index contributed by atoms with van der Waals surface area (Å²) in [5.41, 5.74) is 5.45. The van der Waals surface area contributed by atoms with Crippen molar-refractivity contribution in [3.8, 4) is 0 Å². The van der Waals surface area contributed by atoms with Gasteiger partial charge in [-0.3, -0.25) is 0 Å². The van der Waals surface area contributed by atoms with Gasteiger partial charge in [-0.15, -0.1) is 0 Å². The maximum atomic E-state index is 11.4. The van der Waals surface area contributed by atoms with E-state index < -0.39 is 6.09 Å². The molecular formula is C8H11N3O3. The lowest BCUT2D eigenvalue weighted by atomic mass is 10.2. The fraction of sp³-hybridized carbons (Fsp3) is 0.500. The van der Waals surface area contributed by atoms with Crippen LogP contribution in [-0.2, 0) is 4.74 Å². The third-order valence-corrected chi connectivity index (χ3v) is 2.28. The Balaban J connectivity index is 2.24. The van der Waals surface area contributed by atoms with Crippen molar-refractivity contribution in [2.45, 2.75) is 19.1 Å². The van der Waals surface area contributed by atoms with E-state index in [9.17, 15) is 4.79 Å². The summed E-state index contributed by atoms with van der Waals surface area (Å²) in [5.74, 6) is 0.387. The largest absolute Gasteiger partial charge is 0.442 e. The van der Waals surface area contributed by atoms with Gasteiger partial charge in [-0.1, -0.05) is 0 Å². The molecule has 1 aliphatic rings. The average Bonchev–Trinajstić information content (AvgIpc) is 2.74. The number of amides is 1. The number of rotatable bonds is 2. The molecule has 1 amide bonds. The van der Waals surface area contributed by atoms with Crippen LogP contribution in [0, 0.1) is 0 Å². The first-order chi connectivity index (χ1) is 6.74. The zero-order valence-electron chi connectivity index (χ0n) is 7.71. The average molecular weight is 197 g/mol. The summed E-state index contributed by atoms with van der Waals surface area (Å²) in [7, 11) is 0. The molecular weight excluding hydrogens is 186 g/mol. The van der Waals surface area contributed by atoms with Crippen LogP contribution in [0.1, 0.15) is 6.92 Å². The van der Waals surface area contributed by atoms with E-state index in [1.54, 1.807) is 0 Å². The molecule has 2 N–H and O–H groups in total. The van der Waals surface area contributed by atoms with Crippen molar-refractivity contribution in [3.05, 3.63) is 12.6 Å². The zero-order valence-corrected chi connectivity index (χ0v) is 7.71. The molecule has 1 aromatic heterocycles. The molecule has 0 radical (unpaired) electrons. The Morgan fingerprint density at radius 2 is 2.50 bits per heavy atom. The van der Waals surface area contributed by atoms with Gasteiger partial charge in [0.1, 0.15) is 6.10 Å². The molecule has 0 saturated carbocycles. The molecule has 2 rings (SSSR count). The van der Waals surface area contributed by atoms with Gasteiger partial charge in [-0.25, -0.2) is 14.7 Å². The lowest BCUT2D eigenvalue weighted by Crippen LogP contribution is -2.36. The predicted octanol–water partition coefficient (Wildman–Crippen LogP) is 0.347. The van der Waals surface area contributed by atoms with E-state index in [1.807, 2.05) is 6.92 Å². The first-order valence-corrected chi connectivity index (χ1v) is 4.32. The second-order valence-electron chi connectivity index (χ2n) is 3.11. The molecule has 1 saturated heterocycles. The summed E-state index contributed by atoms with van der Waals surface area (Å²) in [6.45, 7) is 2.16. The van der Waals surface area contributed by atoms with Gasteiger partial charge in [-0.2, -0.15) is 0 Å². The number of carbonyl (C=O) groups is 1. The maximum Gasteiger partial charge on any atom is 0.417 e. The first kappa shape index (κ1) is 9.01. The highest BCUT2D eigenvalue weighted by Crippen LogP contribution is 2.25. The maximum absolute atomic E-state index is 11.4. The lowest BCUT2D eigenvalue weighted by molar-refractivity contribution is 0.137. The Morgan fingerprint density at radius 1 is 1.71 bits per heavy atom. The van der Waals surface area contributed by atoms with E-state index in [-0.39, 0.29) is 12.1 Å². The molecule has 0 aliphatic carbocycles. The van der Waals surface area contributed by atoms with Crippen LogP contribution in [0.25, 0.3) is 0 Å². The minimum Gasteiger partial charge on any atom is -0.442 e. The van der Waals surface area contributed by atoms with Crippen molar-refractivity contribution in [3.63, 3.8) is 0 Å². The number of nitrogens with two attached hydrogens (primary N) is 1. The van der Waals surface area contributed by atoms with Crippen LogP contribution in [0.15, 0.2) is 17.0 Å². The molecule has 2 atom stereocenters. The summed E-state index contributed by atoms with van der Waals surface area (Å²) in [6.07, 6.45) is 2.01. The SMILES string of the molecule is CC1C(CN)OC(=O)N1c1cnco1. The number of hydrogen-bond donors (Lipinski definition) is 1. The quantitative estimate of drug-likeness (QED) is 0.739. The Kier molecular flexibility index (Phi) is 2.12. The Labute approximate surface area is 80.6 Å². The molecule has 1 fully saturated rings. The summed E-state index contributed by atoms with van der Waals surface area (Å²) >= 11 is 0. The van der Waals surface area contributed by atoms with Crippen LogP contribution in [0.5, 0.6) is 0 Å². The van der Waals surface area contributed by atoms with E-state index in [2.05, 4.69) is 4.98 Å². The summed E-state index contributed by atoms with van der Waals surface area (Å²) in [4.78, 5) is 16.6. The Morgan fingerprint density at radius 3 is 3.00 bits per heavy atom. The zero-order chi connectivity index (χ0) is 10.1. The summed E-state index contributed by atoms with van der Waals surface area (Å²) in [6, 6.07) is -0.125. The Hall–Kier alpha value is -1.56. The van der Waals surface area contributed by atoms with E-state index in [4.69, 9.17) is 14.9 Å².